The van der Waals surface area contributed by atoms with E-state index >= 15 is 0 Å². The molecule has 0 unspecified atom stereocenters. The van der Waals surface area contributed by atoms with Gasteiger partial charge in [-0.05, 0) is 30.9 Å². The zero-order chi connectivity index (χ0) is 19.9. The predicted molar refractivity (Wildman–Crippen MR) is 109 cm³/mol. The maximum atomic E-state index is 12.3. The predicted octanol–water partition coefficient (Wildman–Crippen LogP) is 2.53. The van der Waals surface area contributed by atoms with Crippen molar-refractivity contribution in [1.82, 2.24) is 25.4 Å². The van der Waals surface area contributed by atoms with E-state index < -0.39 is 0 Å². The number of carbonyl (C=O) groups is 2. The van der Waals surface area contributed by atoms with Crippen LogP contribution < -0.4 is 10.6 Å². The van der Waals surface area contributed by atoms with Crippen LogP contribution in [0.3, 0.4) is 0 Å². The molecule has 1 aromatic heterocycles. The Kier molecular flexibility index (Phi) is 7.08. The highest BCUT2D eigenvalue weighted by Gasteiger charge is 2.23. The third-order valence-corrected chi connectivity index (χ3v) is 6.18. The van der Waals surface area contributed by atoms with E-state index in [1.807, 2.05) is 29.8 Å². The molecule has 0 aliphatic heterocycles. The van der Waals surface area contributed by atoms with Gasteiger partial charge in [0.1, 0.15) is 0 Å². The van der Waals surface area contributed by atoms with Crippen molar-refractivity contribution in [2.24, 2.45) is 13.0 Å². The Hall–Kier alpha value is -2.35. The molecule has 2 atom stereocenters. The molecule has 0 radical (unpaired) electrons. The Morgan fingerprint density at radius 2 is 1.93 bits per heavy atom. The molecule has 0 spiro atoms. The molecule has 7 nitrogen and oxygen atoms in total. The quantitative estimate of drug-likeness (QED) is 0.696. The Bertz CT molecular complexity index is 808. The van der Waals surface area contributed by atoms with Crippen LogP contribution in [0.4, 0.5) is 0 Å². The van der Waals surface area contributed by atoms with Gasteiger partial charge in [-0.2, -0.15) is 0 Å². The molecule has 2 aromatic rings. The first kappa shape index (κ1) is 20.4. The number of amides is 2. The summed E-state index contributed by atoms with van der Waals surface area (Å²) in [7, 11) is 1.84. The lowest BCUT2D eigenvalue weighted by molar-refractivity contribution is -0.119. The summed E-state index contributed by atoms with van der Waals surface area (Å²) in [5.74, 6) is 1.38. The molecule has 1 aromatic carbocycles. The second-order valence-electron chi connectivity index (χ2n) is 7.23. The molecule has 150 valence electrons. The second kappa shape index (κ2) is 9.73. The van der Waals surface area contributed by atoms with Crippen molar-refractivity contribution in [1.29, 1.82) is 0 Å². The largest absolute Gasteiger partial charge is 0.352 e. The van der Waals surface area contributed by atoms with Crippen LogP contribution in [-0.4, -0.2) is 38.4 Å². The fourth-order valence-electron chi connectivity index (χ4n) is 3.38. The van der Waals surface area contributed by atoms with Crippen molar-refractivity contribution in [3.8, 4) is 0 Å². The normalized spacial score (nSPS) is 19.2. The van der Waals surface area contributed by atoms with Crippen molar-refractivity contribution in [2.45, 2.75) is 50.4 Å². The summed E-state index contributed by atoms with van der Waals surface area (Å²) in [6.07, 6.45) is 4.68. The van der Waals surface area contributed by atoms with Crippen LogP contribution in [0.1, 0.15) is 48.8 Å². The molecule has 1 aliphatic rings. The van der Waals surface area contributed by atoms with E-state index in [0.29, 0.717) is 28.2 Å². The van der Waals surface area contributed by atoms with Crippen LogP contribution >= 0.6 is 11.8 Å². The summed E-state index contributed by atoms with van der Waals surface area (Å²) < 4.78 is 1.81. The molecule has 0 bridgehead atoms. The van der Waals surface area contributed by atoms with E-state index in [0.717, 1.165) is 6.42 Å². The molecule has 1 aliphatic carbocycles. The van der Waals surface area contributed by atoms with Crippen LogP contribution in [0.5, 0.6) is 0 Å². The van der Waals surface area contributed by atoms with Gasteiger partial charge in [0.05, 0.1) is 12.3 Å². The lowest BCUT2D eigenvalue weighted by Crippen LogP contribution is -2.41. The van der Waals surface area contributed by atoms with Crippen LogP contribution in [-0.2, 0) is 18.4 Å². The first-order chi connectivity index (χ1) is 13.5. The minimum atomic E-state index is -0.154. The number of nitrogens with zero attached hydrogens (tertiary/aromatic N) is 3. The third kappa shape index (κ3) is 5.34. The van der Waals surface area contributed by atoms with Crippen LogP contribution in [0.2, 0.25) is 0 Å². The molecular formula is C20H27N5O2S. The molecule has 8 heteroatoms. The van der Waals surface area contributed by atoms with Crippen LogP contribution in [0, 0.1) is 5.92 Å². The summed E-state index contributed by atoms with van der Waals surface area (Å²) in [5.41, 5.74) is 0.605. The van der Waals surface area contributed by atoms with Gasteiger partial charge in [-0.25, -0.2) is 0 Å². The lowest BCUT2D eigenvalue weighted by atomic mass is 9.86. The zero-order valence-electron chi connectivity index (χ0n) is 16.4. The van der Waals surface area contributed by atoms with Gasteiger partial charge in [0.25, 0.3) is 5.91 Å². The van der Waals surface area contributed by atoms with E-state index in [9.17, 15) is 9.59 Å². The molecule has 28 heavy (non-hydrogen) atoms. The summed E-state index contributed by atoms with van der Waals surface area (Å²) in [6, 6.07) is 9.33. The standard InChI is InChI=1S/C20H27N5O2S/c1-14-8-6-7-11-16(14)22-18(26)13-28-20-24-23-17(25(20)2)12-21-19(27)15-9-4-3-5-10-15/h3-5,9-10,14,16H,6-8,11-13H2,1-2H3,(H,21,27)(H,22,26)/t14-,16-/m1/s1. The fourth-order valence-corrected chi connectivity index (χ4v) is 4.13. The maximum absolute atomic E-state index is 12.3. The van der Waals surface area contributed by atoms with E-state index in [1.54, 1.807) is 12.1 Å². The van der Waals surface area contributed by atoms with Gasteiger partial charge in [0.2, 0.25) is 5.91 Å². The SMILES string of the molecule is C[C@@H]1CCCC[C@H]1NC(=O)CSc1nnc(CNC(=O)c2ccccc2)n1C. The van der Waals surface area contributed by atoms with Gasteiger partial charge in [-0.1, -0.05) is 49.7 Å². The number of rotatable bonds is 7. The van der Waals surface area contributed by atoms with Gasteiger partial charge in [-0.15, -0.1) is 10.2 Å². The van der Waals surface area contributed by atoms with Gasteiger partial charge in [0, 0.05) is 18.7 Å². The molecule has 1 heterocycles. The van der Waals surface area contributed by atoms with Gasteiger partial charge in [-0.3, -0.25) is 9.59 Å². The molecule has 1 fully saturated rings. The molecule has 3 rings (SSSR count). The average molecular weight is 402 g/mol. The summed E-state index contributed by atoms with van der Waals surface area (Å²) >= 11 is 1.36. The van der Waals surface area contributed by atoms with Crippen molar-refractivity contribution in [2.75, 3.05) is 5.75 Å². The summed E-state index contributed by atoms with van der Waals surface area (Å²) in [5, 5.41) is 14.9. The zero-order valence-corrected chi connectivity index (χ0v) is 17.2. The van der Waals surface area contributed by atoms with Crippen molar-refractivity contribution in [3.05, 3.63) is 41.7 Å². The van der Waals surface area contributed by atoms with Crippen LogP contribution in [0.15, 0.2) is 35.5 Å². The van der Waals surface area contributed by atoms with E-state index in [-0.39, 0.29) is 24.4 Å². The van der Waals surface area contributed by atoms with Gasteiger partial charge < -0.3 is 15.2 Å². The van der Waals surface area contributed by atoms with Crippen LogP contribution in [0.25, 0.3) is 0 Å². The van der Waals surface area contributed by atoms with E-state index in [2.05, 4.69) is 27.8 Å². The van der Waals surface area contributed by atoms with Crippen molar-refractivity contribution in [3.63, 3.8) is 0 Å². The molecular weight excluding hydrogens is 374 g/mol. The van der Waals surface area contributed by atoms with E-state index in [1.165, 1.54) is 31.0 Å². The Labute approximate surface area is 169 Å². The molecule has 2 amide bonds. The maximum Gasteiger partial charge on any atom is 0.251 e. The molecule has 1 saturated carbocycles. The molecule has 2 N–H and O–H groups in total. The Morgan fingerprint density at radius 1 is 1.18 bits per heavy atom. The van der Waals surface area contributed by atoms with Gasteiger partial charge >= 0.3 is 0 Å². The lowest BCUT2D eigenvalue weighted by Gasteiger charge is -2.29. The highest BCUT2D eigenvalue weighted by atomic mass is 32.2. The highest BCUT2D eigenvalue weighted by molar-refractivity contribution is 7.99. The number of carbonyl (C=O) groups excluding carboxylic acids is 2. The highest BCUT2D eigenvalue weighted by Crippen LogP contribution is 2.24. The average Bonchev–Trinajstić information content (AvgIpc) is 3.06. The second-order valence-corrected chi connectivity index (χ2v) is 8.17. The summed E-state index contributed by atoms with van der Waals surface area (Å²) in [6.45, 7) is 2.49. The number of benzene rings is 1. The smallest absolute Gasteiger partial charge is 0.251 e. The minimum absolute atomic E-state index is 0.0330. The van der Waals surface area contributed by atoms with E-state index in [4.69, 9.17) is 0 Å². The van der Waals surface area contributed by atoms with Crippen molar-refractivity contribution < 1.29 is 9.59 Å². The topological polar surface area (TPSA) is 88.9 Å². The minimum Gasteiger partial charge on any atom is -0.352 e. The number of nitrogens with one attached hydrogen (secondary N) is 2. The van der Waals surface area contributed by atoms with Crippen molar-refractivity contribution >= 4 is 23.6 Å². The monoisotopic (exact) mass is 401 g/mol. The first-order valence-electron chi connectivity index (χ1n) is 9.68. The summed E-state index contributed by atoms with van der Waals surface area (Å²) in [4.78, 5) is 24.4. The Morgan fingerprint density at radius 3 is 2.68 bits per heavy atom. The first-order valence-corrected chi connectivity index (χ1v) is 10.7. The fraction of sp³-hybridized carbons (Fsp3) is 0.500. The van der Waals surface area contributed by atoms with Gasteiger partial charge in [0.15, 0.2) is 11.0 Å². The Balaban J connectivity index is 1.47. The third-order valence-electron chi connectivity index (χ3n) is 5.16. The number of hydrogen-bond acceptors (Lipinski definition) is 5. The number of thioether (sulfide) groups is 1. The number of hydrogen-bond donors (Lipinski definition) is 2. The molecule has 0 saturated heterocycles. The number of aromatic nitrogens is 3.